The Morgan fingerprint density at radius 1 is 1.23 bits per heavy atom. The largest absolute Gasteiger partial charge is 0.459 e. The average molecular weight is 361 g/mol. The Hall–Kier alpha value is -1.79. The quantitative estimate of drug-likeness (QED) is 0.656. The number of rotatable bonds is 4. The number of ether oxygens (including phenoxy) is 2. The summed E-state index contributed by atoms with van der Waals surface area (Å²) in [5.41, 5.74) is 8.73. The third-order valence-corrected chi connectivity index (χ3v) is 4.80. The smallest absolute Gasteiger partial charge is 0.323 e. The SMILES string of the molecule is CC(C)(C)OC(=O)C1CCCN1Cc1cc(N)cc(N2CCOCC2)c1. The Balaban J connectivity index is 1.71. The van der Waals surface area contributed by atoms with E-state index in [0.29, 0.717) is 6.54 Å². The van der Waals surface area contributed by atoms with E-state index in [1.54, 1.807) is 0 Å². The molecule has 0 radical (unpaired) electrons. The van der Waals surface area contributed by atoms with Crippen molar-refractivity contribution in [3.05, 3.63) is 23.8 Å². The number of likely N-dealkylation sites (tertiary alicyclic amines) is 1. The van der Waals surface area contributed by atoms with Crippen LogP contribution >= 0.6 is 0 Å². The lowest BCUT2D eigenvalue weighted by Crippen LogP contribution is -2.40. The van der Waals surface area contributed by atoms with Gasteiger partial charge in [-0.1, -0.05) is 0 Å². The van der Waals surface area contributed by atoms with E-state index in [0.717, 1.165) is 62.6 Å². The van der Waals surface area contributed by atoms with E-state index in [1.807, 2.05) is 32.9 Å². The van der Waals surface area contributed by atoms with Gasteiger partial charge in [0.25, 0.3) is 0 Å². The summed E-state index contributed by atoms with van der Waals surface area (Å²) in [5, 5.41) is 0. The molecule has 1 atom stereocenters. The molecule has 2 fully saturated rings. The van der Waals surface area contributed by atoms with E-state index < -0.39 is 5.60 Å². The zero-order valence-electron chi connectivity index (χ0n) is 16.2. The van der Waals surface area contributed by atoms with Gasteiger partial charge in [0.15, 0.2) is 0 Å². The van der Waals surface area contributed by atoms with Crippen LogP contribution in [0.2, 0.25) is 0 Å². The molecule has 0 saturated carbocycles. The molecule has 0 bridgehead atoms. The highest BCUT2D eigenvalue weighted by atomic mass is 16.6. The van der Waals surface area contributed by atoms with Crippen LogP contribution in [0.1, 0.15) is 39.2 Å². The van der Waals surface area contributed by atoms with Gasteiger partial charge >= 0.3 is 5.97 Å². The summed E-state index contributed by atoms with van der Waals surface area (Å²) in [6.07, 6.45) is 1.87. The van der Waals surface area contributed by atoms with Crippen LogP contribution in [0.4, 0.5) is 11.4 Å². The normalized spacial score (nSPS) is 21.8. The summed E-state index contributed by atoms with van der Waals surface area (Å²) >= 11 is 0. The Morgan fingerprint density at radius 2 is 1.96 bits per heavy atom. The van der Waals surface area contributed by atoms with Crippen LogP contribution < -0.4 is 10.6 Å². The number of nitrogens with zero attached hydrogens (tertiary/aromatic N) is 2. The molecule has 6 heteroatoms. The average Bonchev–Trinajstić information content (AvgIpc) is 3.02. The van der Waals surface area contributed by atoms with E-state index in [1.165, 1.54) is 0 Å². The van der Waals surface area contributed by atoms with Crippen LogP contribution in [0.15, 0.2) is 18.2 Å². The Bertz CT molecular complexity index is 636. The Morgan fingerprint density at radius 3 is 2.65 bits per heavy atom. The molecule has 0 aromatic heterocycles. The van der Waals surface area contributed by atoms with Crippen molar-refractivity contribution >= 4 is 17.3 Å². The number of hydrogen-bond donors (Lipinski definition) is 1. The zero-order valence-corrected chi connectivity index (χ0v) is 16.2. The van der Waals surface area contributed by atoms with Crippen molar-refractivity contribution in [3.63, 3.8) is 0 Å². The number of nitrogen functional groups attached to an aromatic ring is 1. The van der Waals surface area contributed by atoms with Crippen LogP contribution in [0.25, 0.3) is 0 Å². The first-order chi connectivity index (χ1) is 12.3. The number of nitrogens with two attached hydrogens (primary N) is 1. The van der Waals surface area contributed by atoms with Crippen molar-refractivity contribution in [1.29, 1.82) is 0 Å². The maximum absolute atomic E-state index is 12.5. The summed E-state index contributed by atoms with van der Waals surface area (Å²) in [4.78, 5) is 17.1. The molecule has 2 heterocycles. The number of hydrogen-bond acceptors (Lipinski definition) is 6. The molecule has 0 spiro atoms. The molecule has 0 amide bonds. The van der Waals surface area contributed by atoms with Crippen molar-refractivity contribution in [2.24, 2.45) is 0 Å². The van der Waals surface area contributed by atoms with E-state index in [-0.39, 0.29) is 12.0 Å². The lowest BCUT2D eigenvalue weighted by molar-refractivity contribution is -0.160. The Labute approximate surface area is 156 Å². The first kappa shape index (κ1) is 19.0. The van der Waals surface area contributed by atoms with Gasteiger partial charge in [-0.15, -0.1) is 0 Å². The van der Waals surface area contributed by atoms with E-state index in [4.69, 9.17) is 15.2 Å². The van der Waals surface area contributed by atoms with Gasteiger partial charge in [-0.25, -0.2) is 0 Å². The topological polar surface area (TPSA) is 68.0 Å². The van der Waals surface area contributed by atoms with Crippen LogP contribution in [-0.4, -0.2) is 55.4 Å². The third-order valence-electron chi connectivity index (χ3n) is 4.80. The summed E-state index contributed by atoms with van der Waals surface area (Å²) in [5.74, 6) is -0.118. The highest BCUT2D eigenvalue weighted by molar-refractivity contribution is 5.76. The second-order valence-electron chi connectivity index (χ2n) is 8.19. The van der Waals surface area contributed by atoms with Crippen molar-refractivity contribution < 1.29 is 14.3 Å². The molecule has 3 rings (SSSR count). The van der Waals surface area contributed by atoms with Gasteiger partial charge in [0.05, 0.1) is 13.2 Å². The minimum absolute atomic E-state index is 0.118. The van der Waals surface area contributed by atoms with E-state index in [2.05, 4.69) is 15.9 Å². The zero-order chi connectivity index (χ0) is 18.7. The number of benzene rings is 1. The second-order valence-corrected chi connectivity index (χ2v) is 8.19. The summed E-state index contributed by atoms with van der Waals surface area (Å²) in [7, 11) is 0. The molecule has 2 aliphatic heterocycles. The van der Waals surface area contributed by atoms with Gasteiger partial charge < -0.3 is 20.1 Å². The van der Waals surface area contributed by atoms with Crippen molar-refractivity contribution in [2.75, 3.05) is 43.5 Å². The highest BCUT2D eigenvalue weighted by Gasteiger charge is 2.34. The van der Waals surface area contributed by atoms with Gasteiger partial charge in [-0.3, -0.25) is 9.69 Å². The molecule has 0 aliphatic carbocycles. The van der Waals surface area contributed by atoms with Gasteiger partial charge in [0.2, 0.25) is 0 Å². The molecule has 6 nitrogen and oxygen atoms in total. The fraction of sp³-hybridized carbons (Fsp3) is 0.650. The van der Waals surface area contributed by atoms with Crippen molar-refractivity contribution in [3.8, 4) is 0 Å². The molecule has 2 N–H and O–H groups in total. The van der Waals surface area contributed by atoms with E-state index in [9.17, 15) is 4.79 Å². The lowest BCUT2D eigenvalue weighted by Gasteiger charge is -2.30. The predicted octanol–water partition coefficient (Wildman–Crippen LogP) is 2.41. The standard InChI is InChI=1S/C20H31N3O3/c1-20(2,3)26-19(24)18-5-4-6-23(18)14-15-11-16(21)13-17(12-15)22-7-9-25-10-8-22/h11-13,18H,4-10,14,21H2,1-3H3. The maximum atomic E-state index is 12.5. The first-order valence-electron chi connectivity index (χ1n) is 9.51. The molecule has 2 saturated heterocycles. The minimum Gasteiger partial charge on any atom is -0.459 e. The first-order valence-corrected chi connectivity index (χ1v) is 9.51. The molecular formula is C20H31N3O3. The predicted molar refractivity (Wildman–Crippen MR) is 103 cm³/mol. The number of morpholine rings is 1. The Kier molecular flexibility index (Phi) is 5.73. The highest BCUT2D eigenvalue weighted by Crippen LogP contribution is 2.27. The monoisotopic (exact) mass is 361 g/mol. The lowest BCUT2D eigenvalue weighted by atomic mass is 10.1. The van der Waals surface area contributed by atoms with Crippen LogP contribution in [0, 0.1) is 0 Å². The summed E-state index contributed by atoms with van der Waals surface area (Å²) < 4.78 is 11.0. The molecule has 2 aliphatic rings. The fourth-order valence-corrected chi connectivity index (χ4v) is 3.68. The number of esters is 1. The second kappa shape index (κ2) is 7.84. The minimum atomic E-state index is -0.452. The molecular weight excluding hydrogens is 330 g/mol. The number of anilines is 2. The van der Waals surface area contributed by atoms with Gasteiger partial charge in [-0.05, 0) is 63.9 Å². The van der Waals surface area contributed by atoms with Gasteiger partial charge in [0, 0.05) is 31.0 Å². The molecule has 1 aromatic rings. The van der Waals surface area contributed by atoms with Crippen molar-refractivity contribution in [1.82, 2.24) is 4.90 Å². The summed E-state index contributed by atoms with van der Waals surface area (Å²) in [6, 6.07) is 6.05. The number of carbonyl (C=O) groups is 1. The molecule has 144 valence electrons. The molecule has 1 unspecified atom stereocenters. The van der Waals surface area contributed by atoms with Crippen LogP contribution in [-0.2, 0) is 20.8 Å². The summed E-state index contributed by atoms with van der Waals surface area (Å²) in [6.45, 7) is 10.6. The third kappa shape index (κ3) is 4.89. The van der Waals surface area contributed by atoms with Crippen molar-refractivity contribution in [2.45, 2.75) is 51.8 Å². The van der Waals surface area contributed by atoms with Gasteiger partial charge in [-0.2, -0.15) is 0 Å². The fourth-order valence-electron chi connectivity index (χ4n) is 3.68. The maximum Gasteiger partial charge on any atom is 0.323 e. The van der Waals surface area contributed by atoms with Crippen LogP contribution in [0.5, 0.6) is 0 Å². The van der Waals surface area contributed by atoms with Crippen LogP contribution in [0.3, 0.4) is 0 Å². The molecule has 26 heavy (non-hydrogen) atoms. The van der Waals surface area contributed by atoms with Gasteiger partial charge in [0.1, 0.15) is 11.6 Å². The van der Waals surface area contributed by atoms with E-state index >= 15 is 0 Å². The number of carbonyl (C=O) groups excluding carboxylic acids is 1. The molecule has 1 aromatic carbocycles.